The molecule has 10 heteroatoms. The number of hydrogen-bond acceptors (Lipinski definition) is 7. The molecule has 0 aromatic heterocycles. The average molecular weight is 465 g/mol. The predicted octanol–water partition coefficient (Wildman–Crippen LogP) is 3.12. The molecule has 0 saturated carbocycles. The van der Waals surface area contributed by atoms with Gasteiger partial charge in [-0.1, -0.05) is 23.8 Å². The van der Waals surface area contributed by atoms with Crippen LogP contribution in [-0.2, 0) is 26.1 Å². The van der Waals surface area contributed by atoms with Gasteiger partial charge in [-0.25, -0.2) is 18.7 Å². The molecule has 3 atom stereocenters. The molecule has 1 heterocycles. The van der Waals surface area contributed by atoms with Crippen molar-refractivity contribution in [2.24, 2.45) is 0 Å². The third-order valence-corrected chi connectivity index (χ3v) is 7.06. The molecule has 1 amide bonds. The fourth-order valence-corrected chi connectivity index (χ4v) is 5.20. The summed E-state index contributed by atoms with van der Waals surface area (Å²) >= 11 is 0. The van der Waals surface area contributed by atoms with Crippen LogP contribution in [0.4, 0.5) is 4.79 Å². The van der Waals surface area contributed by atoms with Gasteiger partial charge in [-0.05, 0) is 63.1 Å². The van der Waals surface area contributed by atoms with Crippen molar-refractivity contribution in [1.29, 1.82) is 0 Å². The summed E-state index contributed by atoms with van der Waals surface area (Å²) in [7, 11) is -4.02. The number of sulfonamides is 1. The van der Waals surface area contributed by atoms with E-state index in [4.69, 9.17) is 19.4 Å². The van der Waals surface area contributed by atoms with Gasteiger partial charge in [-0.15, -0.1) is 0 Å². The minimum absolute atomic E-state index is 0.0130. The molecule has 32 heavy (non-hydrogen) atoms. The van der Waals surface area contributed by atoms with Crippen molar-refractivity contribution in [1.82, 2.24) is 9.79 Å². The first-order valence-electron chi connectivity index (χ1n) is 10.2. The van der Waals surface area contributed by atoms with E-state index in [1.807, 2.05) is 26.0 Å². The van der Waals surface area contributed by atoms with Crippen LogP contribution >= 0.6 is 0 Å². The van der Waals surface area contributed by atoms with Crippen LogP contribution in [0.25, 0.3) is 0 Å². The van der Waals surface area contributed by atoms with Crippen LogP contribution < -0.4 is 10.2 Å². The zero-order valence-electron chi connectivity index (χ0n) is 18.4. The molecular weight excluding hydrogens is 436 g/mol. The van der Waals surface area contributed by atoms with E-state index < -0.39 is 34.6 Å². The fraction of sp³-hybridized carbons (Fsp3) is 0.409. The third kappa shape index (κ3) is 5.39. The van der Waals surface area contributed by atoms with Crippen molar-refractivity contribution in [2.45, 2.75) is 57.6 Å². The second-order valence-corrected chi connectivity index (χ2v) is 9.71. The van der Waals surface area contributed by atoms with Gasteiger partial charge in [0, 0.05) is 6.54 Å². The van der Waals surface area contributed by atoms with Gasteiger partial charge in [-0.2, -0.15) is 4.31 Å². The van der Waals surface area contributed by atoms with Crippen molar-refractivity contribution < 1.29 is 32.6 Å². The number of hydroxylamine groups is 1. The highest BCUT2D eigenvalue weighted by Gasteiger charge is 2.43. The number of rotatable bonds is 6. The lowest BCUT2D eigenvalue weighted by molar-refractivity contribution is -0.151. The van der Waals surface area contributed by atoms with Crippen LogP contribution in [0.2, 0.25) is 0 Å². The first kappa shape index (κ1) is 24.0. The van der Waals surface area contributed by atoms with E-state index in [0.29, 0.717) is 12.4 Å². The zero-order chi connectivity index (χ0) is 23.5. The predicted molar refractivity (Wildman–Crippen MR) is 116 cm³/mol. The maximum absolute atomic E-state index is 13.3. The Bertz CT molecular complexity index is 1060. The Morgan fingerprint density at radius 1 is 1.19 bits per heavy atom. The van der Waals surface area contributed by atoms with Crippen LogP contribution in [0.1, 0.15) is 30.5 Å². The van der Waals surface area contributed by atoms with Gasteiger partial charge in [0.05, 0.1) is 11.0 Å². The maximum atomic E-state index is 13.3. The van der Waals surface area contributed by atoms with E-state index in [1.165, 1.54) is 17.6 Å². The lowest BCUT2D eigenvalue weighted by Gasteiger charge is -2.40. The summed E-state index contributed by atoms with van der Waals surface area (Å²) < 4.78 is 44.1. The number of carbonyl (C=O) groups excluding carboxylic acids is 1. The van der Waals surface area contributed by atoms with E-state index >= 15 is 0 Å². The second-order valence-electron chi connectivity index (χ2n) is 7.82. The lowest BCUT2D eigenvalue weighted by atomic mass is 10.1. The van der Waals surface area contributed by atoms with Crippen LogP contribution in [0.3, 0.4) is 0 Å². The fourth-order valence-electron chi connectivity index (χ4n) is 3.55. The number of amides is 1. The number of nitrogens with zero attached hydrogens (tertiary/aromatic N) is 1. The molecular formula is C22H28N2O7S. The molecule has 1 fully saturated rings. The number of carbonyl (C=O) groups is 1. The normalized spacial score (nSPS) is 21.7. The quantitative estimate of drug-likeness (QED) is 0.499. The Morgan fingerprint density at radius 3 is 2.53 bits per heavy atom. The number of ether oxygens (including phenoxy) is 3. The summed E-state index contributed by atoms with van der Waals surface area (Å²) in [5.41, 5.74) is 4.65. The van der Waals surface area contributed by atoms with Gasteiger partial charge >= 0.3 is 6.09 Å². The molecule has 1 saturated heterocycles. The molecule has 2 aromatic rings. The first-order valence-corrected chi connectivity index (χ1v) is 11.6. The summed E-state index contributed by atoms with van der Waals surface area (Å²) in [6.45, 7) is 7.69. The SMILES string of the molecule is Cc1ccc(C)c(COc2ccc(S(=O)(=O)N3C[C@H](C)O[C@@H](C)[C@H]3OC(=O)NO)cc2)c1. The standard InChI is InChI=1S/C22H28N2O7S/c1-14-5-6-15(2)18(11-14)13-29-19-7-9-20(10-8-19)32(27,28)24-12-16(3)30-17(4)21(24)31-22(25)23-26/h5-11,16-17,21,26H,12-13H2,1-4H3,(H,23,25)/t16-,17-,21+/m0/s1. The molecule has 0 bridgehead atoms. The summed E-state index contributed by atoms with van der Waals surface area (Å²) in [4.78, 5) is 11.5. The lowest BCUT2D eigenvalue weighted by Crippen LogP contribution is -2.57. The van der Waals surface area contributed by atoms with Crippen molar-refractivity contribution in [3.8, 4) is 5.75 Å². The Balaban J connectivity index is 1.78. The smallest absolute Gasteiger partial charge is 0.432 e. The van der Waals surface area contributed by atoms with Gasteiger partial charge in [0.2, 0.25) is 10.0 Å². The van der Waals surface area contributed by atoms with E-state index in [0.717, 1.165) is 21.0 Å². The molecule has 0 unspecified atom stereocenters. The molecule has 9 nitrogen and oxygen atoms in total. The minimum atomic E-state index is -4.02. The number of benzene rings is 2. The largest absolute Gasteiger partial charge is 0.489 e. The van der Waals surface area contributed by atoms with E-state index in [2.05, 4.69) is 6.07 Å². The zero-order valence-corrected chi connectivity index (χ0v) is 19.3. The van der Waals surface area contributed by atoms with Crippen molar-refractivity contribution in [3.63, 3.8) is 0 Å². The molecule has 0 aliphatic carbocycles. The van der Waals surface area contributed by atoms with Gasteiger partial charge < -0.3 is 14.2 Å². The highest BCUT2D eigenvalue weighted by Crippen LogP contribution is 2.28. The van der Waals surface area contributed by atoms with Gasteiger partial charge in [0.25, 0.3) is 0 Å². The Kier molecular flexibility index (Phi) is 7.40. The Labute approximate surface area is 187 Å². The summed E-state index contributed by atoms with van der Waals surface area (Å²) in [6, 6.07) is 12.2. The Morgan fingerprint density at radius 2 is 1.88 bits per heavy atom. The van der Waals surface area contributed by atoms with Crippen molar-refractivity contribution in [3.05, 3.63) is 59.2 Å². The summed E-state index contributed by atoms with van der Waals surface area (Å²) in [6.07, 6.45) is -3.54. The van der Waals surface area contributed by atoms with Crippen LogP contribution in [0.15, 0.2) is 47.4 Å². The van der Waals surface area contributed by atoms with Gasteiger partial charge in [-0.3, -0.25) is 5.21 Å². The number of morpholine rings is 1. The van der Waals surface area contributed by atoms with Crippen LogP contribution in [0.5, 0.6) is 5.75 Å². The van der Waals surface area contributed by atoms with Gasteiger partial charge in [0.1, 0.15) is 18.5 Å². The molecule has 1 aliphatic rings. The molecule has 2 aromatic carbocycles. The summed E-state index contributed by atoms with van der Waals surface area (Å²) in [5, 5.41) is 8.76. The first-order chi connectivity index (χ1) is 15.1. The van der Waals surface area contributed by atoms with E-state index in [9.17, 15) is 13.2 Å². The highest BCUT2D eigenvalue weighted by atomic mass is 32.2. The second kappa shape index (κ2) is 9.86. The van der Waals surface area contributed by atoms with E-state index in [1.54, 1.807) is 26.0 Å². The Hall–Kier alpha value is -2.66. The van der Waals surface area contributed by atoms with Crippen molar-refractivity contribution in [2.75, 3.05) is 6.54 Å². The number of hydrogen-bond donors (Lipinski definition) is 2. The third-order valence-electron chi connectivity index (χ3n) is 5.22. The topological polar surface area (TPSA) is 114 Å². The number of aryl methyl sites for hydroxylation is 2. The molecule has 0 radical (unpaired) electrons. The van der Waals surface area contributed by atoms with E-state index in [-0.39, 0.29) is 11.4 Å². The van der Waals surface area contributed by atoms with Gasteiger partial charge in [0.15, 0.2) is 6.23 Å². The monoisotopic (exact) mass is 464 g/mol. The molecule has 2 N–H and O–H groups in total. The van der Waals surface area contributed by atoms with Crippen molar-refractivity contribution >= 4 is 16.1 Å². The molecule has 174 valence electrons. The minimum Gasteiger partial charge on any atom is -0.489 e. The highest BCUT2D eigenvalue weighted by molar-refractivity contribution is 7.89. The average Bonchev–Trinajstić information content (AvgIpc) is 2.76. The maximum Gasteiger partial charge on any atom is 0.432 e. The number of nitrogens with one attached hydrogen (secondary N) is 1. The molecule has 1 aliphatic heterocycles. The molecule has 3 rings (SSSR count). The van der Waals surface area contributed by atoms with Crippen LogP contribution in [-0.4, -0.2) is 49.0 Å². The molecule has 0 spiro atoms. The van der Waals surface area contributed by atoms with Crippen LogP contribution in [0, 0.1) is 13.8 Å². The summed E-state index contributed by atoms with van der Waals surface area (Å²) in [5.74, 6) is 0.529.